The Balaban J connectivity index is 1.55. The fourth-order valence-corrected chi connectivity index (χ4v) is 3.16. The smallest absolute Gasteiger partial charge is 0.256 e. The molecule has 3 aromatic rings. The van der Waals surface area contributed by atoms with Crippen LogP contribution in [0.15, 0.2) is 36.7 Å². The molecule has 6 nitrogen and oxygen atoms in total. The van der Waals surface area contributed by atoms with Crippen LogP contribution in [0.1, 0.15) is 28.3 Å². The number of carbonyl (C=O) groups is 1. The quantitative estimate of drug-likeness (QED) is 0.792. The minimum atomic E-state index is -0.262. The molecule has 7 heteroatoms. The second-order valence-electron chi connectivity index (χ2n) is 6.19. The molecular weight excluding hydrogens is 323 g/mol. The summed E-state index contributed by atoms with van der Waals surface area (Å²) in [6.07, 6.45) is 3.92. The molecule has 2 aromatic heterocycles. The van der Waals surface area contributed by atoms with Gasteiger partial charge in [0.05, 0.1) is 18.7 Å². The minimum Gasteiger partial charge on any atom is -0.495 e. The lowest BCUT2D eigenvalue weighted by molar-refractivity contribution is 0.0947. The van der Waals surface area contributed by atoms with Gasteiger partial charge in [0.2, 0.25) is 0 Å². The summed E-state index contributed by atoms with van der Waals surface area (Å²) in [6.45, 7) is 0. The second-order valence-corrected chi connectivity index (χ2v) is 6.19. The van der Waals surface area contributed by atoms with E-state index in [0.29, 0.717) is 22.3 Å². The highest BCUT2D eigenvalue weighted by molar-refractivity contribution is 6.02. The van der Waals surface area contributed by atoms with E-state index in [1.165, 1.54) is 25.4 Å². The second kappa shape index (κ2) is 5.84. The van der Waals surface area contributed by atoms with Crippen LogP contribution in [0.3, 0.4) is 0 Å². The predicted molar refractivity (Wildman–Crippen MR) is 90.1 cm³/mol. The van der Waals surface area contributed by atoms with Crippen LogP contribution < -0.4 is 10.1 Å². The summed E-state index contributed by atoms with van der Waals surface area (Å²) in [5.74, 6) is 0.0839. The van der Waals surface area contributed by atoms with Crippen molar-refractivity contribution in [1.82, 2.24) is 20.1 Å². The maximum atomic E-state index is 13.3. The third kappa shape index (κ3) is 2.71. The number of aromatic nitrogens is 3. The Bertz CT molecular complexity index is 969. The van der Waals surface area contributed by atoms with Gasteiger partial charge in [-0.1, -0.05) is 12.1 Å². The van der Waals surface area contributed by atoms with Gasteiger partial charge in [-0.25, -0.2) is 9.37 Å². The normalized spacial score (nSPS) is 19.0. The van der Waals surface area contributed by atoms with E-state index < -0.39 is 0 Å². The summed E-state index contributed by atoms with van der Waals surface area (Å²) >= 11 is 0. The van der Waals surface area contributed by atoms with Gasteiger partial charge in [-0.05, 0) is 24.1 Å². The van der Waals surface area contributed by atoms with Crippen molar-refractivity contribution in [2.24, 2.45) is 7.05 Å². The SMILES string of the molecule is COc1c(C(=O)NC2CC2c2cccc(F)c2)cnc2c1cnn2C. The van der Waals surface area contributed by atoms with Crippen LogP contribution in [0.5, 0.6) is 5.75 Å². The number of rotatable bonds is 4. The number of ether oxygens (including phenoxy) is 1. The molecule has 0 spiro atoms. The van der Waals surface area contributed by atoms with Gasteiger partial charge in [0.15, 0.2) is 5.65 Å². The Hall–Kier alpha value is -2.96. The number of aryl methyl sites for hydroxylation is 1. The first-order valence-electron chi connectivity index (χ1n) is 7.99. The average Bonchev–Trinajstić information content (AvgIpc) is 3.27. The zero-order valence-corrected chi connectivity index (χ0v) is 13.9. The molecular formula is C18H17FN4O2. The number of benzene rings is 1. The first kappa shape index (κ1) is 15.6. The maximum Gasteiger partial charge on any atom is 0.256 e. The molecule has 1 aliphatic rings. The molecule has 1 N–H and O–H groups in total. The van der Waals surface area contributed by atoms with E-state index in [-0.39, 0.29) is 23.7 Å². The molecule has 0 bridgehead atoms. The van der Waals surface area contributed by atoms with Crippen molar-refractivity contribution < 1.29 is 13.9 Å². The zero-order valence-electron chi connectivity index (χ0n) is 13.9. The Morgan fingerprint density at radius 3 is 3.00 bits per heavy atom. The molecule has 1 saturated carbocycles. The van der Waals surface area contributed by atoms with E-state index in [4.69, 9.17) is 4.74 Å². The van der Waals surface area contributed by atoms with Gasteiger partial charge in [-0.2, -0.15) is 5.10 Å². The number of methoxy groups -OCH3 is 1. The van der Waals surface area contributed by atoms with Gasteiger partial charge in [0.25, 0.3) is 5.91 Å². The van der Waals surface area contributed by atoms with E-state index >= 15 is 0 Å². The van der Waals surface area contributed by atoms with Crippen LogP contribution in [0.2, 0.25) is 0 Å². The van der Waals surface area contributed by atoms with Crippen molar-refractivity contribution in [3.8, 4) is 5.75 Å². The van der Waals surface area contributed by atoms with Gasteiger partial charge in [0.1, 0.15) is 17.1 Å². The molecule has 2 atom stereocenters. The van der Waals surface area contributed by atoms with E-state index in [1.807, 2.05) is 6.07 Å². The molecule has 25 heavy (non-hydrogen) atoms. The summed E-state index contributed by atoms with van der Waals surface area (Å²) < 4.78 is 20.4. The number of nitrogens with zero attached hydrogens (tertiary/aromatic N) is 3. The van der Waals surface area contributed by atoms with Crippen LogP contribution in [-0.2, 0) is 7.05 Å². The number of pyridine rings is 1. The van der Waals surface area contributed by atoms with Gasteiger partial charge in [-0.15, -0.1) is 0 Å². The first-order valence-corrected chi connectivity index (χ1v) is 7.99. The van der Waals surface area contributed by atoms with E-state index in [0.717, 1.165) is 12.0 Å². The van der Waals surface area contributed by atoms with E-state index in [1.54, 1.807) is 24.0 Å². The molecule has 2 unspecified atom stereocenters. The Labute approximate surface area is 143 Å². The monoisotopic (exact) mass is 340 g/mol. The van der Waals surface area contributed by atoms with Crippen LogP contribution in [0, 0.1) is 5.82 Å². The molecule has 2 heterocycles. The van der Waals surface area contributed by atoms with Gasteiger partial charge < -0.3 is 10.1 Å². The molecule has 4 rings (SSSR count). The third-order valence-corrected chi connectivity index (χ3v) is 4.55. The van der Waals surface area contributed by atoms with Crippen LogP contribution >= 0.6 is 0 Å². The molecule has 0 saturated heterocycles. The third-order valence-electron chi connectivity index (χ3n) is 4.55. The number of halogens is 1. The Kier molecular flexibility index (Phi) is 3.63. The number of amides is 1. The molecule has 1 aliphatic carbocycles. The average molecular weight is 340 g/mol. The predicted octanol–water partition coefficient (Wildman–Crippen LogP) is 2.40. The Morgan fingerprint density at radius 1 is 1.40 bits per heavy atom. The first-order chi connectivity index (χ1) is 12.1. The van der Waals surface area contributed by atoms with Gasteiger partial charge in [-0.3, -0.25) is 9.48 Å². The highest BCUT2D eigenvalue weighted by Gasteiger charge is 2.40. The van der Waals surface area contributed by atoms with Crippen LogP contribution in [0.4, 0.5) is 4.39 Å². The fraction of sp³-hybridized carbons (Fsp3) is 0.278. The summed E-state index contributed by atoms with van der Waals surface area (Å²) in [7, 11) is 3.30. The van der Waals surface area contributed by atoms with E-state index in [9.17, 15) is 9.18 Å². The lowest BCUT2D eigenvalue weighted by atomic mass is 10.1. The molecule has 0 aliphatic heterocycles. The van der Waals surface area contributed by atoms with E-state index in [2.05, 4.69) is 15.4 Å². The fourth-order valence-electron chi connectivity index (χ4n) is 3.16. The lowest BCUT2D eigenvalue weighted by Gasteiger charge is -2.10. The highest BCUT2D eigenvalue weighted by Crippen LogP contribution is 2.41. The number of hydrogen-bond donors (Lipinski definition) is 1. The van der Waals surface area contributed by atoms with Crippen LogP contribution in [0.25, 0.3) is 11.0 Å². The molecule has 1 amide bonds. The summed E-state index contributed by atoms with van der Waals surface area (Å²) in [6, 6.07) is 6.48. The lowest BCUT2D eigenvalue weighted by Crippen LogP contribution is -2.27. The number of fused-ring (bicyclic) bond motifs is 1. The molecule has 1 aromatic carbocycles. The van der Waals surface area contributed by atoms with Crippen molar-refractivity contribution in [3.05, 3.63) is 53.6 Å². The van der Waals surface area contributed by atoms with Crippen molar-refractivity contribution >= 4 is 16.9 Å². The standard InChI is InChI=1S/C18H17FN4O2/c1-23-17-13(9-21-23)16(25-2)14(8-20-17)18(24)22-15-7-12(15)10-4-3-5-11(19)6-10/h3-6,8-9,12,15H,7H2,1-2H3,(H,22,24). The molecule has 1 fully saturated rings. The van der Waals surface area contributed by atoms with Gasteiger partial charge in [0, 0.05) is 25.2 Å². The zero-order chi connectivity index (χ0) is 17.6. The molecule has 128 valence electrons. The Morgan fingerprint density at radius 2 is 2.24 bits per heavy atom. The number of hydrogen-bond acceptors (Lipinski definition) is 4. The van der Waals surface area contributed by atoms with Crippen molar-refractivity contribution in [3.63, 3.8) is 0 Å². The van der Waals surface area contributed by atoms with Crippen molar-refractivity contribution in [2.45, 2.75) is 18.4 Å². The largest absolute Gasteiger partial charge is 0.495 e. The summed E-state index contributed by atoms with van der Waals surface area (Å²) in [5, 5.41) is 7.81. The van der Waals surface area contributed by atoms with Gasteiger partial charge >= 0.3 is 0 Å². The minimum absolute atomic E-state index is 0.0106. The highest BCUT2D eigenvalue weighted by atomic mass is 19.1. The topological polar surface area (TPSA) is 69.0 Å². The molecule has 0 radical (unpaired) electrons. The summed E-state index contributed by atoms with van der Waals surface area (Å²) in [5.41, 5.74) is 1.92. The summed E-state index contributed by atoms with van der Waals surface area (Å²) in [4.78, 5) is 16.9. The maximum absolute atomic E-state index is 13.3. The number of nitrogens with one attached hydrogen (secondary N) is 1. The van der Waals surface area contributed by atoms with Crippen molar-refractivity contribution in [2.75, 3.05) is 7.11 Å². The number of carbonyl (C=O) groups excluding carboxylic acids is 1. The van der Waals surface area contributed by atoms with Crippen LogP contribution in [-0.4, -0.2) is 33.8 Å². The van der Waals surface area contributed by atoms with Crippen molar-refractivity contribution in [1.29, 1.82) is 0 Å².